The number of carbonyl (C=O) groups is 3. The highest BCUT2D eigenvalue weighted by Crippen LogP contribution is 2.37. The minimum Gasteiger partial charge on any atom is -0.507 e. The highest BCUT2D eigenvalue weighted by atomic mass is 16.3. The summed E-state index contributed by atoms with van der Waals surface area (Å²) in [6, 6.07) is 14.9. The summed E-state index contributed by atoms with van der Waals surface area (Å²) in [7, 11) is 0. The lowest BCUT2D eigenvalue weighted by molar-refractivity contribution is -0.136. The summed E-state index contributed by atoms with van der Waals surface area (Å²) in [5, 5.41) is 25.0. The molecule has 2 atom stereocenters. The van der Waals surface area contributed by atoms with Crippen molar-refractivity contribution in [3.8, 4) is 17.0 Å². The number of benzene rings is 2. The summed E-state index contributed by atoms with van der Waals surface area (Å²) in [4.78, 5) is 55.5. The Balaban J connectivity index is 0.743. The lowest BCUT2D eigenvalue weighted by atomic mass is 9.91. The maximum absolute atomic E-state index is 13.0. The predicted octanol–water partition coefficient (Wildman–Crippen LogP) is 3.33. The number of rotatable bonds is 8. The second kappa shape index (κ2) is 14.3. The fourth-order valence-electron chi connectivity index (χ4n) is 8.78. The largest absolute Gasteiger partial charge is 0.507 e. The molecule has 2 aromatic heterocycles. The molecule has 2 aromatic carbocycles. The zero-order valence-corrected chi connectivity index (χ0v) is 30.2. The summed E-state index contributed by atoms with van der Waals surface area (Å²) >= 11 is 0. The van der Waals surface area contributed by atoms with Crippen molar-refractivity contribution in [2.24, 2.45) is 0 Å². The van der Waals surface area contributed by atoms with Crippen molar-refractivity contribution in [3.63, 3.8) is 0 Å². The van der Waals surface area contributed by atoms with Gasteiger partial charge >= 0.3 is 0 Å². The van der Waals surface area contributed by atoms with Crippen LogP contribution in [-0.4, -0.2) is 111 Å². The van der Waals surface area contributed by atoms with Crippen LogP contribution in [0.25, 0.3) is 11.3 Å². The molecule has 5 aliphatic heterocycles. The number of piperidine rings is 2. The smallest absolute Gasteiger partial charge is 0.255 e. The Morgan fingerprint density at radius 2 is 1.70 bits per heavy atom. The molecule has 1 unspecified atom stereocenters. The van der Waals surface area contributed by atoms with Gasteiger partial charge in [-0.3, -0.25) is 19.7 Å². The van der Waals surface area contributed by atoms with E-state index in [9.17, 15) is 19.5 Å². The molecule has 7 heterocycles. The Hall–Kier alpha value is -5.63. The summed E-state index contributed by atoms with van der Waals surface area (Å²) in [6.07, 6.45) is 8.81. The van der Waals surface area contributed by atoms with E-state index in [1.54, 1.807) is 17.0 Å². The molecule has 14 heteroatoms. The van der Waals surface area contributed by atoms with Gasteiger partial charge in [0.25, 0.3) is 5.91 Å². The lowest BCUT2D eigenvalue weighted by Crippen LogP contribution is -2.58. The monoisotopic (exact) mass is 728 g/mol. The van der Waals surface area contributed by atoms with E-state index in [4.69, 9.17) is 9.97 Å². The normalized spacial score (nSPS) is 21.7. The van der Waals surface area contributed by atoms with Crippen molar-refractivity contribution in [2.45, 2.75) is 63.1 Å². The predicted molar refractivity (Wildman–Crippen MR) is 202 cm³/mol. The van der Waals surface area contributed by atoms with Gasteiger partial charge in [-0.05, 0) is 98.6 Å². The number of phenolic OH excluding ortho intramolecular Hbond substituents is 1. The Kier molecular flexibility index (Phi) is 9.05. The number of fused-ring (bicyclic) bond motifs is 4. The van der Waals surface area contributed by atoms with Gasteiger partial charge in [-0.2, -0.15) is 0 Å². The van der Waals surface area contributed by atoms with Crippen molar-refractivity contribution in [2.75, 3.05) is 60.9 Å². The van der Waals surface area contributed by atoms with Crippen molar-refractivity contribution in [1.82, 2.24) is 35.3 Å². The molecular weight excluding hydrogens is 685 g/mol. The summed E-state index contributed by atoms with van der Waals surface area (Å²) in [5.41, 5.74) is 6.36. The topological polar surface area (TPSA) is 160 Å². The van der Waals surface area contributed by atoms with E-state index in [1.165, 1.54) is 11.1 Å². The van der Waals surface area contributed by atoms with E-state index in [0.717, 1.165) is 94.5 Å². The number of aromatic nitrogens is 4. The standard InChI is InChI=1S/C40H44N10O4/c51-35-6-2-1-5-31(35)32-19-34-37(46-45-32)41-22-29-24-48(16-17-49(29)34)40-42-20-28(21-43-40)26-11-14-47(15-12-26)13-3-4-25-7-8-30-27(18-25)23-50(39(30)54)33-9-10-36(52)44-38(33)53/h1-2,5-8,18-21,26,29,33,51H,3-4,9-17,22-24H2,(H,41,46)(H,44,52,53)/t29-,33?/m1/s1. The van der Waals surface area contributed by atoms with Gasteiger partial charge in [0, 0.05) is 62.7 Å². The van der Waals surface area contributed by atoms with Crippen LogP contribution in [0.3, 0.4) is 0 Å². The molecule has 0 radical (unpaired) electrons. The van der Waals surface area contributed by atoms with Crippen LogP contribution in [0.4, 0.5) is 17.5 Å². The van der Waals surface area contributed by atoms with E-state index in [-0.39, 0.29) is 35.9 Å². The molecule has 5 aliphatic rings. The van der Waals surface area contributed by atoms with Crippen molar-refractivity contribution in [1.29, 1.82) is 0 Å². The molecule has 3 fully saturated rings. The molecule has 9 rings (SSSR count). The Labute approximate surface area is 313 Å². The van der Waals surface area contributed by atoms with Crippen LogP contribution in [0, 0.1) is 0 Å². The number of hydrogen-bond donors (Lipinski definition) is 3. The number of anilines is 3. The number of piperazine rings is 1. The number of hydrogen-bond acceptors (Lipinski definition) is 12. The van der Waals surface area contributed by atoms with E-state index in [1.807, 2.05) is 42.7 Å². The summed E-state index contributed by atoms with van der Waals surface area (Å²) < 4.78 is 0. The number of amides is 3. The Bertz CT molecular complexity index is 2090. The quantitative estimate of drug-likeness (QED) is 0.228. The highest BCUT2D eigenvalue weighted by molar-refractivity contribution is 6.05. The van der Waals surface area contributed by atoms with Gasteiger partial charge in [-0.25, -0.2) is 9.97 Å². The fourth-order valence-corrected chi connectivity index (χ4v) is 8.78. The maximum Gasteiger partial charge on any atom is 0.255 e. The molecule has 278 valence electrons. The van der Waals surface area contributed by atoms with E-state index in [0.29, 0.717) is 35.7 Å². The molecule has 0 bridgehead atoms. The van der Waals surface area contributed by atoms with Crippen LogP contribution >= 0.6 is 0 Å². The number of imide groups is 1. The van der Waals surface area contributed by atoms with Crippen LogP contribution in [0.1, 0.15) is 65.1 Å². The van der Waals surface area contributed by atoms with Gasteiger partial charge in [-0.1, -0.05) is 24.3 Å². The van der Waals surface area contributed by atoms with Gasteiger partial charge < -0.3 is 30.0 Å². The summed E-state index contributed by atoms with van der Waals surface area (Å²) in [6.45, 7) is 6.68. The average molecular weight is 729 g/mol. The first-order chi connectivity index (χ1) is 26.4. The SMILES string of the molecule is O=C1CCC(N2Cc3cc(CCCN4CCC(c5cnc(N6CCN7c8cc(-c9ccccc9O)nnc8NC[C@@H]7C6)nc5)CC4)ccc3C2=O)C(=O)N1. The van der Waals surface area contributed by atoms with Crippen LogP contribution in [0.5, 0.6) is 5.75 Å². The number of phenols is 1. The molecule has 4 aromatic rings. The minimum absolute atomic E-state index is 0.127. The van der Waals surface area contributed by atoms with Crippen molar-refractivity contribution in [3.05, 3.63) is 83.2 Å². The van der Waals surface area contributed by atoms with Gasteiger partial charge in [0.1, 0.15) is 11.8 Å². The zero-order valence-electron chi connectivity index (χ0n) is 30.2. The summed E-state index contributed by atoms with van der Waals surface area (Å²) in [5.74, 6) is 1.40. The van der Waals surface area contributed by atoms with Crippen LogP contribution in [-0.2, 0) is 22.6 Å². The number of aryl methyl sites for hydroxylation is 1. The third kappa shape index (κ3) is 6.59. The molecule has 3 amide bonds. The van der Waals surface area contributed by atoms with Crippen molar-refractivity contribution >= 4 is 35.2 Å². The first-order valence-electron chi connectivity index (χ1n) is 19.1. The number of carbonyl (C=O) groups excluding carboxylic acids is 3. The Morgan fingerprint density at radius 3 is 2.52 bits per heavy atom. The van der Waals surface area contributed by atoms with Gasteiger partial charge in [0.15, 0.2) is 5.82 Å². The number of nitrogens with one attached hydrogen (secondary N) is 2. The van der Waals surface area contributed by atoms with Crippen LogP contribution < -0.4 is 20.4 Å². The zero-order chi connectivity index (χ0) is 36.8. The molecule has 3 N–H and O–H groups in total. The second-order valence-electron chi connectivity index (χ2n) is 15.1. The molecule has 3 saturated heterocycles. The molecule has 0 spiro atoms. The van der Waals surface area contributed by atoms with Crippen LogP contribution in [0.2, 0.25) is 0 Å². The van der Waals surface area contributed by atoms with Gasteiger partial charge in [0.05, 0.1) is 17.4 Å². The van der Waals surface area contributed by atoms with Gasteiger partial charge in [0.2, 0.25) is 17.8 Å². The number of aromatic hydroxyl groups is 1. The molecular formula is C40H44N10O4. The number of para-hydroxylation sites is 1. The third-order valence-corrected chi connectivity index (χ3v) is 11.8. The first-order valence-corrected chi connectivity index (χ1v) is 19.1. The van der Waals surface area contributed by atoms with E-state index >= 15 is 0 Å². The highest BCUT2D eigenvalue weighted by Gasteiger charge is 2.39. The lowest BCUT2D eigenvalue weighted by Gasteiger charge is -2.45. The molecule has 0 saturated carbocycles. The van der Waals surface area contributed by atoms with Crippen LogP contribution in [0.15, 0.2) is 60.9 Å². The van der Waals surface area contributed by atoms with Gasteiger partial charge in [-0.15, -0.1) is 10.2 Å². The van der Waals surface area contributed by atoms with E-state index < -0.39 is 6.04 Å². The molecule has 54 heavy (non-hydrogen) atoms. The molecule has 0 aliphatic carbocycles. The van der Waals surface area contributed by atoms with E-state index in [2.05, 4.69) is 41.6 Å². The molecule has 14 nitrogen and oxygen atoms in total. The maximum atomic E-state index is 13.0. The third-order valence-electron chi connectivity index (χ3n) is 11.8. The number of nitrogens with zero attached hydrogens (tertiary/aromatic N) is 8. The average Bonchev–Trinajstić information content (AvgIpc) is 3.52. The fraction of sp³-hybridized carbons (Fsp3) is 0.425. The minimum atomic E-state index is -0.585. The number of likely N-dealkylation sites (tertiary alicyclic amines) is 1. The Morgan fingerprint density at radius 1 is 0.870 bits per heavy atom. The first kappa shape index (κ1) is 34.2. The second-order valence-corrected chi connectivity index (χ2v) is 15.1. The van der Waals surface area contributed by atoms with Crippen molar-refractivity contribution < 1.29 is 19.5 Å².